The van der Waals surface area contributed by atoms with E-state index in [1.54, 1.807) is 6.20 Å². The molecule has 0 atom stereocenters. The van der Waals surface area contributed by atoms with Gasteiger partial charge in [-0.05, 0) is 6.42 Å². The third kappa shape index (κ3) is 3.15. The van der Waals surface area contributed by atoms with Crippen molar-refractivity contribution in [1.82, 2.24) is 14.5 Å². The lowest BCUT2D eigenvalue weighted by Crippen LogP contribution is -2.34. The monoisotopic (exact) mass is 293 g/mol. The zero-order valence-corrected chi connectivity index (χ0v) is 12.1. The van der Waals surface area contributed by atoms with Gasteiger partial charge in [0.25, 0.3) is 5.56 Å². The minimum Gasteiger partial charge on any atom is -0.444 e. The fourth-order valence-electron chi connectivity index (χ4n) is 1.96. The molecule has 0 radical (unpaired) electrons. The van der Waals surface area contributed by atoms with Crippen LogP contribution in [0.5, 0.6) is 0 Å². The molecule has 0 amide bonds. The quantitative estimate of drug-likeness (QED) is 0.721. The van der Waals surface area contributed by atoms with E-state index in [4.69, 9.17) is 10.2 Å². The Morgan fingerprint density at radius 2 is 2.19 bits per heavy atom. The molecule has 0 unspecified atom stereocenters. The van der Waals surface area contributed by atoms with Crippen LogP contribution in [0.25, 0.3) is 0 Å². The molecule has 0 aliphatic heterocycles. The number of nitrogen functional groups attached to an aromatic ring is 1. The molecule has 0 saturated carbocycles. The summed E-state index contributed by atoms with van der Waals surface area (Å²) in [7, 11) is 0. The number of aromatic nitrogens is 3. The average Bonchev–Trinajstić information content (AvgIpc) is 2.91. The predicted octanol–water partition coefficient (Wildman–Crippen LogP) is 0.691. The standard InChI is InChI=1S/C13H19N5O3/c1-3-5-18-11(14)10(12(19)17-13(18)20)16-7-9-15-6-8(4-2)21-9/h6,16H,3-5,7,14H2,1-2H3,(H,17,19,20). The third-order valence-electron chi connectivity index (χ3n) is 3.05. The van der Waals surface area contributed by atoms with Crippen LogP contribution in [0.1, 0.15) is 31.9 Å². The van der Waals surface area contributed by atoms with Crippen LogP contribution < -0.4 is 22.3 Å². The van der Waals surface area contributed by atoms with Gasteiger partial charge < -0.3 is 15.5 Å². The van der Waals surface area contributed by atoms with Gasteiger partial charge in [0.2, 0.25) is 5.89 Å². The lowest BCUT2D eigenvalue weighted by Gasteiger charge is -2.12. The molecule has 2 aromatic rings. The zero-order valence-electron chi connectivity index (χ0n) is 12.1. The highest BCUT2D eigenvalue weighted by molar-refractivity contribution is 5.60. The molecule has 2 aromatic heterocycles. The van der Waals surface area contributed by atoms with Gasteiger partial charge >= 0.3 is 5.69 Å². The Morgan fingerprint density at radius 1 is 1.43 bits per heavy atom. The van der Waals surface area contributed by atoms with Crippen LogP contribution in [0, 0.1) is 0 Å². The van der Waals surface area contributed by atoms with E-state index in [1.165, 1.54) is 4.57 Å². The highest BCUT2D eigenvalue weighted by Crippen LogP contribution is 2.12. The van der Waals surface area contributed by atoms with Crippen LogP contribution >= 0.6 is 0 Å². The molecule has 0 saturated heterocycles. The maximum atomic E-state index is 11.8. The van der Waals surface area contributed by atoms with E-state index in [0.29, 0.717) is 12.4 Å². The number of nitrogens with zero attached hydrogens (tertiary/aromatic N) is 2. The molecule has 2 rings (SSSR count). The maximum absolute atomic E-state index is 11.8. The first-order valence-electron chi connectivity index (χ1n) is 6.86. The summed E-state index contributed by atoms with van der Waals surface area (Å²) in [5, 5.41) is 2.88. The number of aromatic amines is 1. The van der Waals surface area contributed by atoms with Crippen molar-refractivity contribution >= 4 is 11.5 Å². The van der Waals surface area contributed by atoms with Crippen LogP contribution in [0.4, 0.5) is 11.5 Å². The lowest BCUT2D eigenvalue weighted by molar-refractivity contribution is 0.465. The van der Waals surface area contributed by atoms with Gasteiger partial charge in [-0.3, -0.25) is 14.3 Å². The molecule has 4 N–H and O–H groups in total. The molecule has 2 heterocycles. The van der Waals surface area contributed by atoms with Crippen LogP contribution in [0.2, 0.25) is 0 Å². The summed E-state index contributed by atoms with van der Waals surface area (Å²) in [6.45, 7) is 4.54. The Hall–Kier alpha value is -2.51. The smallest absolute Gasteiger partial charge is 0.330 e. The van der Waals surface area contributed by atoms with Gasteiger partial charge in [-0.2, -0.15) is 0 Å². The van der Waals surface area contributed by atoms with Crippen LogP contribution in [0.3, 0.4) is 0 Å². The molecule has 8 nitrogen and oxygen atoms in total. The highest BCUT2D eigenvalue weighted by atomic mass is 16.4. The number of hydrogen-bond acceptors (Lipinski definition) is 6. The Balaban J connectivity index is 2.25. The summed E-state index contributed by atoms with van der Waals surface area (Å²) in [5.74, 6) is 1.34. The molecular weight excluding hydrogens is 274 g/mol. The van der Waals surface area contributed by atoms with Crippen molar-refractivity contribution in [3.8, 4) is 0 Å². The van der Waals surface area contributed by atoms with Crippen molar-refractivity contribution in [2.75, 3.05) is 11.1 Å². The Labute approximate surface area is 121 Å². The largest absolute Gasteiger partial charge is 0.444 e. The Bertz CT molecular complexity index is 728. The summed E-state index contributed by atoms with van der Waals surface area (Å²) in [5.41, 5.74) is 4.99. The Morgan fingerprint density at radius 3 is 2.81 bits per heavy atom. The van der Waals surface area contributed by atoms with Crippen molar-refractivity contribution in [1.29, 1.82) is 0 Å². The van der Waals surface area contributed by atoms with Crippen molar-refractivity contribution in [3.05, 3.63) is 38.7 Å². The normalized spacial score (nSPS) is 10.8. The summed E-state index contributed by atoms with van der Waals surface area (Å²) in [6, 6.07) is 0. The van der Waals surface area contributed by atoms with Crippen LogP contribution in [0.15, 0.2) is 20.2 Å². The number of nitrogens with one attached hydrogen (secondary N) is 2. The molecular formula is C13H19N5O3. The third-order valence-corrected chi connectivity index (χ3v) is 3.05. The first-order chi connectivity index (χ1) is 10.1. The maximum Gasteiger partial charge on any atom is 0.330 e. The van der Waals surface area contributed by atoms with E-state index < -0.39 is 11.2 Å². The second kappa shape index (κ2) is 6.29. The van der Waals surface area contributed by atoms with Crippen molar-refractivity contribution < 1.29 is 4.42 Å². The summed E-state index contributed by atoms with van der Waals surface area (Å²) in [4.78, 5) is 29.9. The Kier molecular flexibility index (Phi) is 4.46. The molecule has 8 heteroatoms. The summed E-state index contributed by atoms with van der Waals surface area (Å²) in [6.07, 6.45) is 3.12. The van der Waals surface area contributed by atoms with Gasteiger partial charge in [0.1, 0.15) is 17.3 Å². The van der Waals surface area contributed by atoms with E-state index in [-0.39, 0.29) is 18.1 Å². The van der Waals surface area contributed by atoms with Crippen LogP contribution in [-0.4, -0.2) is 14.5 Å². The van der Waals surface area contributed by atoms with Gasteiger partial charge in [-0.25, -0.2) is 9.78 Å². The molecule has 0 spiro atoms. The van der Waals surface area contributed by atoms with E-state index in [0.717, 1.165) is 18.6 Å². The summed E-state index contributed by atoms with van der Waals surface area (Å²) >= 11 is 0. The van der Waals surface area contributed by atoms with Gasteiger partial charge in [-0.15, -0.1) is 0 Å². The molecule has 0 aliphatic rings. The fourth-order valence-corrected chi connectivity index (χ4v) is 1.96. The van der Waals surface area contributed by atoms with Crippen molar-refractivity contribution in [2.45, 2.75) is 39.8 Å². The van der Waals surface area contributed by atoms with Gasteiger partial charge in [-0.1, -0.05) is 13.8 Å². The molecule has 0 fully saturated rings. The first kappa shape index (κ1) is 14.9. The van der Waals surface area contributed by atoms with Gasteiger partial charge in [0.15, 0.2) is 0 Å². The predicted molar refractivity (Wildman–Crippen MR) is 79.2 cm³/mol. The lowest BCUT2D eigenvalue weighted by atomic mass is 10.4. The SMILES string of the molecule is CCCn1c(N)c(NCc2ncc(CC)o2)c(=O)[nH]c1=O. The average molecular weight is 293 g/mol. The second-order valence-corrected chi connectivity index (χ2v) is 4.60. The number of aryl methyl sites for hydroxylation is 1. The van der Waals surface area contributed by atoms with Crippen molar-refractivity contribution in [3.63, 3.8) is 0 Å². The van der Waals surface area contributed by atoms with E-state index in [1.807, 2.05) is 13.8 Å². The highest BCUT2D eigenvalue weighted by Gasteiger charge is 2.12. The first-order valence-corrected chi connectivity index (χ1v) is 6.86. The number of rotatable bonds is 6. The topological polar surface area (TPSA) is 119 Å². The summed E-state index contributed by atoms with van der Waals surface area (Å²) < 4.78 is 6.77. The number of oxazole rings is 1. The molecule has 21 heavy (non-hydrogen) atoms. The van der Waals surface area contributed by atoms with E-state index in [9.17, 15) is 9.59 Å². The van der Waals surface area contributed by atoms with Crippen LogP contribution in [-0.2, 0) is 19.5 Å². The second-order valence-electron chi connectivity index (χ2n) is 4.60. The molecule has 114 valence electrons. The number of anilines is 2. The minimum absolute atomic E-state index is 0.118. The van der Waals surface area contributed by atoms with Gasteiger partial charge in [0.05, 0.1) is 12.7 Å². The van der Waals surface area contributed by atoms with Crippen molar-refractivity contribution in [2.24, 2.45) is 0 Å². The van der Waals surface area contributed by atoms with E-state index in [2.05, 4.69) is 15.3 Å². The molecule has 0 bridgehead atoms. The molecule has 0 aromatic carbocycles. The minimum atomic E-state index is -0.549. The van der Waals surface area contributed by atoms with Gasteiger partial charge in [0, 0.05) is 13.0 Å². The molecule has 0 aliphatic carbocycles. The van der Waals surface area contributed by atoms with E-state index >= 15 is 0 Å². The zero-order chi connectivity index (χ0) is 15.4. The number of nitrogens with two attached hydrogens (primary N) is 1. The fraction of sp³-hybridized carbons (Fsp3) is 0.462. The number of hydrogen-bond donors (Lipinski definition) is 3. The number of H-pyrrole nitrogens is 1.